The van der Waals surface area contributed by atoms with E-state index in [1.807, 2.05) is 0 Å². The lowest BCUT2D eigenvalue weighted by atomic mass is 9.80. The van der Waals surface area contributed by atoms with E-state index in [1.54, 1.807) is 6.92 Å². The highest BCUT2D eigenvalue weighted by atomic mass is 16.5. The molecule has 0 radical (unpaired) electrons. The monoisotopic (exact) mass is 256 g/mol. The summed E-state index contributed by atoms with van der Waals surface area (Å²) in [5.74, 6) is -1.32. The van der Waals surface area contributed by atoms with E-state index in [0.717, 1.165) is 0 Å². The van der Waals surface area contributed by atoms with Crippen molar-refractivity contribution in [1.82, 2.24) is 0 Å². The number of hydrogen-bond acceptors (Lipinski definition) is 5. The third-order valence-corrected chi connectivity index (χ3v) is 2.59. The summed E-state index contributed by atoms with van der Waals surface area (Å²) >= 11 is 0. The molecule has 102 valence electrons. The molecule has 0 saturated carbocycles. The van der Waals surface area contributed by atoms with Crippen LogP contribution in [0.5, 0.6) is 0 Å². The van der Waals surface area contributed by atoms with Crippen molar-refractivity contribution < 1.29 is 23.9 Å². The lowest BCUT2D eigenvalue weighted by molar-refractivity contribution is -0.158. The van der Waals surface area contributed by atoms with Gasteiger partial charge in [0.2, 0.25) is 0 Å². The maximum atomic E-state index is 11.8. The number of rotatable bonds is 7. The maximum Gasteiger partial charge on any atom is 0.319 e. The Morgan fingerprint density at radius 2 is 1.72 bits per heavy atom. The van der Waals surface area contributed by atoms with Crippen LogP contribution in [0.1, 0.15) is 34.1 Å². The zero-order chi connectivity index (χ0) is 14.3. The number of ketones is 1. The number of esters is 2. The number of Topliss-reactive ketones (excluding diaryl/α,β-unsaturated/α-hetero) is 1. The van der Waals surface area contributed by atoms with Crippen molar-refractivity contribution in [2.75, 3.05) is 13.2 Å². The van der Waals surface area contributed by atoms with Crippen molar-refractivity contribution in [2.24, 2.45) is 5.41 Å². The summed E-state index contributed by atoms with van der Waals surface area (Å²) in [5, 5.41) is 0. The quantitative estimate of drug-likeness (QED) is 0.393. The third-order valence-electron chi connectivity index (χ3n) is 2.59. The molecule has 0 aliphatic carbocycles. The van der Waals surface area contributed by atoms with Gasteiger partial charge in [0.05, 0.1) is 6.61 Å². The topological polar surface area (TPSA) is 69.7 Å². The normalized spacial score (nSPS) is 13.3. The molecule has 0 N–H and O–H groups in total. The summed E-state index contributed by atoms with van der Waals surface area (Å²) in [6.45, 7) is 9.69. The summed E-state index contributed by atoms with van der Waals surface area (Å²) in [4.78, 5) is 34.1. The van der Waals surface area contributed by atoms with Crippen molar-refractivity contribution >= 4 is 17.7 Å². The van der Waals surface area contributed by atoms with Crippen molar-refractivity contribution in [3.05, 3.63) is 12.2 Å². The molecule has 0 bridgehead atoms. The standard InChI is InChI=1S/C13H20O5/c1-6-17-12(16)13(5,10(3)14)7-9(2)8-18-11(4)15/h2,6-8H2,1,3-5H3. The predicted octanol–water partition coefficient (Wildman–Crippen LogP) is 1.65. The number of ether oxygens (including phenoxy) is 2. The lowest BCUT2D eigenvalue weighted by Gasteiger charge is -2.25. The molecule has 0 aromatic carbocycles. The predicted molar refractivity (Wildman–Crippen MR) is 65.8 cm³/mol. The highest BCUT2D eigenvalue weighted by molar-refractivity contribution is 6.02. The zero-order valence-corrected chi connectivity index (χ0v) is 11.4. The Balaban J connectivity index is 4.71. The SMILES string of the molecule is C=C(COC(C)=O)CC(C)(C(C)=O)C(=O)OCC. The molecular formula is C13H20O5. The molecule has 0 aromatic heterocycles. The Morgan fingerprint density at radius 1 is 1.17 bits per heavy atom. The van der Waals surface area contributed by atoms with Crippen molar-refractivity contribution in [3.63, 3.8) is 0 Å². The molecule has 0 spiro atoms. The highest BCUT2D eigenvalue weighted by Crippen LogP contribution is 2.28. The number of hydrogen-bond donors (Lipinski definition) is 0. The van der Waals surface area contributed by atoms with Crippen LogP contribution in [0.25, 0.3) is 0 Å². The summed E-state index contributed by atoms with van der Waals surface area (Å²) in [5.41, 5.74) is -0.774. The minimum atomic E-state index is -1.27. The first kappa shape index (κ1) is 16.4. The minimum Gasteiger partial charge on any atom is -0.465 e. The summed E-state index contributed by atoms with van der Waals surface area (Å²) in [6, 6.07) is 0. The van der Waals surface area contributed by atoms with Gasteiger partial charge in [0, 0.05) is 6.92 Å². The Hall–Kier alpha value is -1.65. The Kier molecular flexibility index (Phi) is 6.30. The fourth-order valence-electron chi connectivity index (χ4n) is 1.39. The molecule has 0 aliphatic heterocycles. The van der Waals surface area contributed by atoms with Crippen LogP contribution in [-0.4, -0.2) is 30.9 Å². The molecule has 0 saturated heterocycles. The Labute approximate surface area is 107 Å². The van der Waals surface area contributed by atoms with E-state index in [9.17, 15) is 14.4 Å². The van der Waals surface area contributed by atoms with E-state index in [-0.39, 0.29) is 25.4 Å². The molecule has 0 aliphatic rings. The van der Waals surface area contributed by atoms with Crippen molar-refractivity contribution in [1.29, 1.82) is 0 Å². The van der Waals surface area contributed by atoms with Crippen LogP contribution in [0.4, 0.5) is 0 Å². The van der Waals surface area contributed by atoms with Crippen LogP contribution in [-0.2, 0) is 23.9 Å². The van der Waals surface area contributed by atoms with Gasteiger partial charge in [-0.3, -0.25) is 14.4 Å². The van der Waals surface area contributed by atoms with Gasteiger partial charge in [-0.15, -0.1) is 0 Å². The molecule has 0 heterocycles. The summed E-state index contributed by atoms with van der Waals surface area (Å²) in [7, 11) is 0. The van der Waals surface area contributed by atoms with Gasteiger partial charge < -0.3 is 9.47 Å². The number of carbonyl (C=O) groups excluding carboxylic acids is 3. The average molecular weight is 256 g/mol. The van der Waals surface area contributed by atoms with Crippen LogP contribution in [0.2, 0.25) is 0 Å². The van der Waals surface area contributed by atoms with Crippen LogP contribution in [0.15, 0.2) is 12.2 Å². The third kappa shape index (κ3) is 4.69. The Morgan fingerprint density at radius 3 is 2.11 bits per heavy atom. The number of carbonyl (C=O) groups is 3. The highest BCUT2D eigenvalue weighted by Gasteiger charge is 2.40. The van der Waals surface area contributed by atoms with Gasteiger partial charge in [-0.25, -0.2) is 0 Å². The molecule has 0 amide bonds. The molecule has 1 unspecified atom stereocenters. The molecule has 0 aromatic rings. The largest absolute Gasteiger partial charge is 0.465 e. The van der Waals surface area contributed by atoms with E-state index in [1.165, 1.54) is 20.8 Å². The Bertz CT molecular complexity index is 358. The smallest absolute Gasteiger partial charge is 0.319 e. The molecule has 1 atom stereocenters. The van der Waals surface area contributed by atoms with Gasteiger partial charge in [0.1, 0.15) is 17.8 Å². The second-order valence-corrected chi connectivity index (χ2v) is 4.32. The molecule has 5 nitrogen and oxygen atoms in total. The minimum absolute atomic E-state index is 0.00237. The van der Waals surface area contributed by atoms with Gasteiger partial charge in [-0.05, 0) is 32.8 Å². The van der Waals surface area contributed by atoms with Crippen LogP contribution < -0.4 is 0 Å². The van der Waals surface area contributed by atoms with E-state index < -0.39 is 17.4 Å². The second-order valence-electron chi connectivity index (χ2n) is 4.32. The van der Waals surface area contributed by atoms with Gasteiger partial charge in [0.25, 0.3) is 0 Å². The zero-order valence-electron chi connectivity index (χ0n) is 11.4. The van der Waals surface area contributed by atoms with Gasteiger partial charge in [-0.1, -0.05) is 6.58 Å². The van der Waals surface area contributed by atoms with Crippen LogP contribution in [0.3, 0.4) is 0 Å². The molecule has 0 fully saturated rings. The first-order valence-corrected chi connectivity index (χ1v) is 5.72. The van der Waals surface area contributed by atoms with Gasteiger partial charge in [0.15, 0.2) is 0 Å². The van der Waals surface area contributed by atoms with E-state index in [0.29, 0.717) is 5.57 Å². The molecular weight excluding hydrogens is 236 g/mol. The second kappa shape index (κ2) is 6.93. The maximum absolute atomic E-state index is 11.8. The molecule has 0 rings (SSSR count). The fraction of sp³-hybridized carbons (Fsp3) is 0.615. The first-order chi connectivity index (χ1) is 8.24. The first-order valence-electron chi connectivity index (χ1n) is 5.72. The fourth-order valence-corrected chi connectivity index (χ4v) is 1.39. The summed E-state index contributed by atoms with van der Waals surface area (Å²) in [6.07, 6.45) is 0.106. The molecule has 18 heavy (non-hydrogen) atoms. The van der Waals surface area contributed by atoms with Crippen molar-refractivity contribution in [2.45, 2.75) is 34.1 Å². The van der Waals surface area contributed by atoms with E-state index in [2.05, 4.69) is 6.58 Å². The van der Waals surface area contributed by atoms with Crippen molar-refractivity contribution in [3.8, 4) is 0 Å². The van der Waals surface area contributed by atoms with Crippen LogP contribution in [0, 0.1) is 5.41 Å². The van der Waals surface area contributed by atoms with Crippen LogP contribution >= 0.6 is 0 Å². The van der Waals surface area contributed by atoms with E-state index in [4.69, 9.17) is 9.47 Å². The average Bonchev–Trinajstić information content (AvgIpc) is 2.26. The van der Waals surface area contributed by atoms with Gasteiger partial charge in [-0.2, -0.15) is 0 Å². The van der Waals surface area contributed by atoms with E-state index >= 15 is 0 Å². The molecule has 5 heteroatoms. The van der Waals surface area contributed by atoms with Gasteiger partial charge >= 0.3 is 11.9 Å². The lowest BCUT2D eigenvalue weighted by Crippen LogP contribution is -2.37. The summed E-state index contributed by atoms with van der Waals surface area (Å²) < 4.78 is 9.65.